The van der Waals surface area contributed by atoms with E-state index in [0.29, 0.717) is 12.1 Å². The van der Waals surface area contributed by atoms with Crippen LogP contribution in [0.15, 0.2) is 30.6 Å². The molecule has 0 aromatic carbocycles. The number of amides is 3. The van der Waals surface area contributed by atoms with E-state index in [1.807, 2.05) is 12.3 Å². The Balaban J connectivity index is 1.54. The van der Waals surface area contributed by atoms with Crippen molar-refractivity contribution in [3.8, 4) is 0 Å². The lowest BCUT2D eigenvalue weighted by Gasteiger charge is -2.52. The minimum absolute atomic E-state index is 0.0324. The average Bonchev–Trinajstić information content (AvgIpc) is 3.12. The van der Waals surface area contributed by atoms with Crippen molar-refractivity contribution in [3.05, 3.63) is 36.2 Å². The molecule has 2 unspecified atom stereocenters. The molecule has 1 saturated carbocycles. The molecule has 3 rings (SSSR count). The molecule has 0 saturated heterocycles. The van der Waals surface area contributed by atoms with E-state index in [9.17, 15) is 14.4 Å². The number of rotatable bonds is 6. The van der Waals surface area contributed by atoms with Gasteiger partial charge >= 0.3 is 0 Å². The van der Waals surface area contributed by atoms with E-state index < -0.39 is 0 Å². The SMILES string of the molecule is CC(=O)N(C)CC(=O)NCC1CC(NC(=O)c2cccn3nccc23)C1(C)C. The first kappa shape index (κ1) is 19.9. The normalized spacial score (nSPS) is 20.3. The van der Waals surface area contributed by atoms with Crippen LogP contribution in [0.1, 0.15) is 37.6 Å². The molecule has 0 spiro atoms. The standard InChI is InChI=1S/C20H27N5O3/c1-13(26)24(4)12-18(27)21-11-14-10-17(20(14,2)3)23-19(28)15-6-5-9-25-16(15)7-8-22-25/h5-9,14,17H,10-12H2,1-4H3,(H,21,27)(H,23,28). The van der Waals surface area contributed by atoms with E-state index in [2.05, 4.69) is 29.6 Å². The molecular weight excluding hydrogens is 358 g/mol. The topological polar surface area (TPSA) is 95.8 Å². The van der Waals surface area contributed by atoms with Gasteiger partial charge in [0.15, 0.2) is 0 Å². The molecule has 3 amide bonds. The Labute approximate surface area is 164 Å². The van der Waals surface area contributed by atoms with Crippen molar-refractivity contribution in [3.63, 3.8) is 0 Å². The molecule has 2 aromatic heterocycles. The van der Waals surface area contributed by atoms with E-state index in [0.717, 1.165) is 11.9 Å². The molecule has 1 fully saturated rings. The average molecular weight is 385 g/mol. The molecule has 0 aliphatic heterocycles. The van der Waals surface area contributed by atoms with Crippen molar-refractivity contribution in [2.75, 3.05) is 20.1 Å². The Morgan fingerprint density at radius 1 is 1.32 bits per heavy atom. The second kappa shape index (κ2) is 7.61. The zero-order valence-corrected chi connectivity index (χ0v) is 16.7. The van der Waals surface area contributed by atoms with Crippen LogP contribution in [-0.4, -0.2) is 58.4 Å². The van der Waals surface area contributed by atoms with Crippen molar-refractivity contribution in [1.82, 2.24) is 25.1 Å². The number of likely N-dealkylation sites (N-methyl/N-ethyl adjacent to an activating group) is 1. The zero-order valence-electron chi connectivity index (χ0n) is 16.7. The maximum absolute atomic E-state index is 12.7. The van der Waals surface area contributed by atoms with Crippen LogP contribution in [0.2, 0.25) is 0 Å². The van der Waals surface area contributed by atoms with E-state index in [4.69, 9.17) is 0 Å². The molecule has 28 heavy (non-hydrogen) atoms. The van der Waals surface area contributed by atoms with E-state index in [-0.39, 0.29) is 41.6 Å². The van der Waals surface area contributed by atoms with Gasteiger partial charge in [-0.05, 0) is 36.0 Å². The van der Waals surface area contributed by atoms with Gasteiger partial charge in [0.2, 0.25) is 11.8 Å². The number of aromatic nitrogens is 2. The Morgan fingerprint density at radius 3 is 2.75 bits per heavy atom. The Bertz CT molecular complexity index is 904. The molecule has 2 heterocycles. The monoisotopic (exact) mass is 385 g/mol. The summed E-state index contributed by atoms with van der Waals surface area (Å²) in [7, 11) is 1.60. The van der Waals surface area contributed by atoms with Crippen LogP contribution in [0.5, 0.6) is 0 Å². The highest BCUT2D eigenvalue weighted by molar-refractivity contribution is 6.00. The molecule has 2 aromatic rings. The Kier molecular flexibility index (Phi) is 5.40. The quantitative estimate of drug-likeness (QED) is 0.778. The van der Waals surface area contributed by atoms with Gasteiger partial charge in [0.05, 0.1) is 23.8 Å². The molecule has 1 aliphatic carbocycles. The van der Waals surface area contributed by atoms with Crippen molar-refractivity contribution in [2.24, 2.45) is 11.3 Å². The highest BCUT2D eigenvalue weighted by Crippen LogP contribution is 2.45. The van der Waals surface area contributed by atoms with E-state index in [1.54, 1.807) is 29.9 Å². The third-order valence-corrected chi connectivity index (χ3v) is 5.92. The molecule has 2 N–H and O–H groups in total. The predicted octanol–water partition coefficient (Wildman–Crippen LogP) is 1.07. The van der Waals surface area contributed by atoms with Crippen LogP contribution in [0.25, 0.3) is 5.52 Å². The summed E-state index contributed by atoms with van der Waals surface area (Å²) in [5, 5.41) is 10.2. The summed E-state index contributed by atoms with van der Waals surface area (Å²) in [5.74, 6) is -0.173. The van der Waals surface area contributed by atoms with Gasteiger partial charge in [-0.25, -0.2) is 4.52 Å². The molecule has 0 bridgehead atoms. The van der Waals surface area contributed by atoms with Gasteiger partial charge in [-0.2, -0.15) is 5.10 Å². The van der Waals surface area contributed by atoms with Gasteiger partial charge in [-0.3, -0.25) is 14.4 Å². The Morgan fingerprint density at radius 2 is 2.07 bits per heavy atom. The van der Waals surface area contributed by atoms with Crippen LogP contribution < -0.4 is 10.6 Å². The molecule has 8 nitrogen and oxygen atoms in total. The largest absolute Gasteiger partial charge is 0.354 e. The number of nitrogens with one attached hydrogen (secondary N) is 2. The Hall–Kier alpha value is -2.90. The number of pyridine rings is 1. The first-order valence-electron chi connectivity index (χ1n) is 9.41. The first-order chi connectivity index (χ1) is 13.2. The summed E-state index contributed by atoms with van der Waals surface area (Å²) in [4.78, 5) is 37.3. The second-order valence-corrected chi connectivity index (χ2v) is 8.04. The van der Waals surface area contributed by atoms with Gasteiger partial charge in [0, 0.05) is 32.8 Å². The van der Waals surface area contributed by atoms with Crippen LogP contribution in [-0.2, 0) is 9.59 Å². The molecular formula is C20H27N5O3. The highest BCUT2D eigenvalue weighted by atomic mass is 16.2. The summed E-state index contributed by atoms with van der Waals surface area (Å²) >= 11 is 0. The summed E-state index contributed by atoms with van der Waals surface area (Å²) in [6, 6.07) is 5.44. The molecule has 8 heteroatoms. The lowest BCUT2D eigenvalue weighted by molar-refractivity contribution is -0.133. The number of nitrogens with zero attached hydrogens (tertiary/aromatic N) is 3. The number of hydrogen-bond acceptors (Lipinski definition) is 4. The second-order valence-electron chi connectivity index (χ2n) is 8.04. The van der Waals surface area contributed by atoms with Crippen molar-refractivity contribution < 1.29 is 14.4 Å². The van der Waals surface area contributed by atoms with Gasteiger partial charge in [-0.1, -0.05) is 13.8 Å². The van der Waals surface area contributed by atoms with Gasteiger partial charge in [0.1, 0.15) is 0 Å². The van der Waals surface area contributed by atoms with Gasteiger partial charge < -0.3 is 15.5 Å². The number of carbonyl (C=O) groups excluding carboxylic acids is 3. The minimum atomic E-state index is -0.173. The maximum Gasteiger partial charge on any atom is 0.253 e. The lowest BCUT2D eigenvalue weighted by atomic mass is 9.58. The van der Waals surface area contributed by atoms with E-state index >= 15 is 0 Å². The minimum Gasteiger partial charge on any atom is -0.354 e. The van der Waals surface area contributed by atoms with Crippen molar-refractivity contribution >= 4 is 23.2 Å². The predicted molar refractivity (Wildman–Crippen MR) is 105 cm³/mol. The van der Waals surface area contributed by atoms with Crippen LogP contribution >= 0.6 is 0 Å². The number of fused-ring (bicyclic) bond motifs is 1. The summed E-state index contributed by atoms with van der Waals surface area (Å²) < 4.78 is 1.68. The van der Waals surface area contributed by atoms with Crippen LogP contribution in [0, 0.1) is 11.3 Å². The van der Waals surface area contributed by atoms with Crippen LogP contribution in [0.4, 0.5) is 0 Å². The van der Waals surface area contributed by atoms with Gasteiger partial charge in [-0.15, -0.1) is 0 Å². The molecule has 2 atom stereocenters. The van der Waals surface area contributed by atoms with Gasteiger partial charge in [0.25, 0.3) is 5.91 Å². The van der Waals surface area contributed by atoms with Crippen molar-refractivity contribution in [1.29, 1.82) is 0 Å². The lowest BCUT2D eigenvalue weighted by Crippen LogP contribution is -2.61. The van der Waals surface area contributed by atoms with E-state index in [1.165, 1.54) is 11.8 Å². The van der Waals surface area contributed by atoms with Crippen molar-refractivity contribution in [2.45, 2.75) is 33.2 Å². The third kappa shape index (κ3) is 3.85. The number of hydrogen-bond donors (Lipinski definition) is 2. The highest BCUT2D eigenvalue weighted by Gasteiger charge is 2.48. The van der Waals surface area contributed by atoms with Crippen LogP contribution in [0.3, 0.4) is 0 Å². The summed E-state index contributed by atoms with van der Waals surface area (Å²) in [6.45, 7) is 6.21. The fourth-order valence-corrected chi connectivity index (χ4v) is 3.61. The maximum atomic E-state index is 12.7. The summed E-state index contributed by atoms with van der Waals surface area (Å²) in [5.41, 5.74) is 1.23. The molecule has 150 valence electrons. The fraction of sp³-hybridized carbons (Fsp3) is 0.500. The first-order valence-corrected chi connectivity index (χ1v) is 9.41. The molecule has 1 aliphatic rings. The zero-order chi connectivity index (χ0) is 20.5. The third-order valence-electron chi connectivity index (χ3n) is 5.92. The smallest absolute Gasteiger partial charge is 0.253 e. The molecule has 0 radical (unpaired) electrons. The number of carbonyl (C=O) groups is 3. The fourth-order valence-electron chi connectivity index (χ4n) is 3.61. The summed E-state index contributed by atoms with van der Waals surface area (Å²) in [6.07, 6.45) is 4.27.